The molecule has 0 atom stereocenters. The van der Waals surface area contributed by atoms with Crippen molar-refractivity contribution < 1.29 is 17.9 Å². The summed E-state index contributed by atoms with van der Waals surface area (Å²) in [6, 6.07) is 4.83. The number of carbonyl (C=O) groups excluding carboxylic acids is 1. The molecule has 2 rings (SSSR count). The molecule has 0 unspecified atom stereocenters. The number of benzene rings is 1. The van der Waals surface area contributed by atoms with E-state index in [1.165, 1.54) is 6.26 Å². The van der Waals surface area contributed by atoms with Crippen LogP contribution >= 0.6 is 0 Å². The smallest absolute Gasteiger partial charge is 0.345 e. The highest BCUT2D eigenvalue weighted by Crippen LogP contribution is 2.24. The first kappa shape index (κ1) is 24.2. The molecule has 8 heteroatoms. The van der Waals surface area contributed by atoms with Gasteiger partial charge in [-0.15, -0.1) is 0 Å². The minimum atomic E-state index is -3.21. The number of hydrogen-bond donors (Lipinski definition) is 1. The van der Waals surface area contributed by atoms with Gasteiger partial charge in [0.15, 0.2) is 9.84 Å². The Balaban J connectivity index is 1.73. The number of urea groups is 1. The summed E-state index contributed by atoms with van der Waals surface area (Å²) in [6.45, 7) is 9.59. The van der Waals surface area contributed by atoms with Crippen LogP contribution in [0.2, 0.25) is 0 Å². The molecule has 0 saturated carbocycles. The summed E-state index contributed by atoms with van der Waals surface area (Å²) in [4.78, 5) is 18.5. The first-order valence-corrected chi connectivity index (χ1v) is 12.3. The lowest BCUT2D eigenvalue weighted by Gasteiger charge is -2.31. The Labute approximate surface area is 180 Å². The van der Waals surface area contributed by atoms with Crippen molar-refractivity contribution in [1.29, 1.82) is 0 Å². The quantitative estimate of drug-likeness (QED) is 0.414. The largest absolute Gasteiger partial charge is 0.494 e. The van der Waals surface area contributed by atoms with Gasteiger partial charge in [0.25, 0.3) is 0 Å². The molecular weight excluding hydrogens is 402 g/mol. The number of sulfone groups is 1. The highest BCUT2D eigenvalue weighted by molar-refractivity contribution is 7.90. The van der Waals surface area contributed by atoms with E-state index >= 15 is 0 Å². The number of likely N-dealkylation sites (tertiary alicyclic amines) is 1. The molecule has 1 aromatic carbocycles. The molecule has 1 fully saturated rings. The number of piperidine rings is 1. The molecule has 1 heterocycles. The van der Waals surface area contributed by atoms with Crippen LogP contribution in [-0.2, 0) is 9.84 Å². The second-order valence-corrected chi connectivity index (χ2v) is 11.1. The number of nitrogens with two attached hydrogens (primary N) is 1. The minimum absolute atomic E-state index is 0.239. The summed E-state index contributed by atoms with van der Waals surface area (Å²) in [5, 5.41) is 0. The van der Waals surface area contributed by atoms with Crippen molar-refractivity contribution in [3.8, 4) is 5.75 Å². The summed E-state index contributed by atoms with van der Waals surface area (Å²) in [5.74, 6) is 1.62. The summed E-state index contributed by atoms with van der Waals surface area (Å²) < 4.78 is 29.2. The first-order chi connectivity index (χ1) is 13.9. The highest BCUT2D eigenvalue weighted by Gasteiger charge is 2.24. The van der Waals surface area contributed by atoms with Gasteiger partial charge in [-0.05, 0) is 62.3 Å². The van der Waals surface area contributed by atoms with E-state index in [9.17, 15) is 13.2 Å². The molecule has 2 amide bonds. The topological polar surface area (TPSA) is 102 Å². The Morgan fingerprint density at radius 2 is 1.90 bits per heavy atom. The van der Waals surface area contributed by atoms with Gasteiger partial charge in [-0.3, -0.25) is 0 Å². The van der Waals surface area contributed by atoms with E-state index in [4.69, 9.17) is 10.5 Å². The summed E-state index contributed by atoms with van der Waals surface area (Å²) in [5.41, 5.74) is 6.30. The van der Waals surface area contributed by atoms with Crippen LogP contribution in [0.25, 0.3) is 0 Å². The maximum Gasteiger partial charge on any atom is 0.345 e. The number of amidine groups is 1. The van der Waals surface area contributed by atoms with E-state index in [2.05, 4.69) is 4.99 Å². The highest BCUT2D eigenvalue weighted by atomic mass is 32.2. The van der Waals surface area contributed by atoms with Gasteiger partial charge in [0.1, 0.15) is 11.6 Å². The van der Waals surface area contributed by atoms with Gasteiger partial charge in [0.05, 0.1) is 11.5 Å². The molecule has 168 valence electrons. The molecule has 1 aliphatic heterocycles. The van der Waals surface area contributed by atoms with E-state index in [1.807, 2.05) is 20.8 Å². The molecule has 0 spiro atoms. The van der Waals surface area contributed by atoms with Gasteiger partial charge in [-0.2, -0.15) is 4.99 Å². The normalized spacial score (nSPS) is 16.6. The number of rotatable bonds is 6. The lowest BCUT2D eigenvalue weighted by atomic mass is 9.92. The van der Waals surface area contributed by atoms with Crippen molar-refractivity contribution in [3.63, 3.8) is 0 Å². The van der Waals surface area contributed by atoms with E-state index in [-0.39, 0.29) is 11.4 Å². The van der Waals surface area contributed by atoms with Crippen molar-refractivity contribution in [2.24, 2.45) is 22.1 Å². The van der Waals surface area contributed by atoms with E-state index in [0.717, 1.165) is 25.7 Å². The Morgan fingerprint density at radius 1 is 1.27 bits per heavy atom. The molecule has 0 aromatic heterocycles. The number of hydrogen-bond acceptors (Lipinski definition) is 4. The molecule has 1 aliphatic rings. The van der Waals surface area contributed by atoms with Gasteiger partial charge in [-0.1, -0.05) is 20.8 Å². The van der Waals surface area contributed by atoms with Crippen molar-refractivity contribution >= 4 is 21.7 Å². The maximum atomic E-state index is 12.3. The third kappa shape index (κ3) is 7.00. The summed E-state index contributed by atoms with van der Waals surface area (Å²) >= 11 is 0. The van der Waals surface area contributed by atoms with Crippen molar-refractivity contribution in [3.05, 3.63) is 23.8 Å². The van der Waals surface area contributed by atoms with Crippen LogP contribution in [0.3, 0.4) is 0 Å². The fraction of sp³-hybridized carbons (Fsp3) is 0.636. The first-order valence-electron chi connectivity index (χ1n) is 10.4. The van der Waals surface area contributed by atoms with Gasteiger partial charge < -0.3 is 15.4 Å². The van der Waals surface area contributed by atoms with Crippen LogP contribution < -0.4 is 10.5 Å². The second kappa shape index (κ2) is 9.81. The standard InChI is InChI=1S/C22H35N3O4S/c1-16-15-18(8-9-19(16)30(5,27)28)29-14-6-7-17-10-12-25(13-11-17)21(26)24-20(23)22(2,3)4/h8-9,15,17H,6-7,10-14H2,1-5H3,(H2,23,24,26). The van der Waals surface area contributed by atoms with Crippen molar-refractivity contribution in [2.45, 2.75) is 58.3 Å². The van der Waals surface area contributed by atoms with E-state index < -0.39 is 9.84 Å². The third-order valence-corrected chi connectivity index (χ3v) is 6.70. The summed E-state index contributed by atoms with van der Waals surface area (Å²) in [7, 11) is -3.21. The van der Waals surface area contributed by atoms with Crippen LogP contribution in [0, 0.1) is 18.3 Å². The van der Waals surface area contributed by atoms with Crippen LogP contribution in [-0.4, -0.2) is 51.1 Å². The van der Waals surface area contributed by atoms with Crippen molar-refractivity contribution in [1.82, 2.24) is 4.90 Å². The van der Waals surface area contributed by atoms with Crippen LogP contribution in [0.15, 0.2) is 28.1 Å². The number of aryl methyl sites for hydroxylation is 1. The molecular formula is C22H35N3O4S. The number of ether oxygens (including phenoxy) is 1. The van der Waals surface area contributed by atoms with Gasteiger partial charge >= 0.3 is 6.03 Å². The molecule has 2 N–H and O–H groups in total. The van der Waals surface area contributed by atoms with Crippen LogP contribution in [0.1, 0.15) is 52.0 Å². The molecule has 0 bridgehead atoms. The third-order valence-electron chi connectivity index (χ3n) is 5.44. The molecule has 7 nitrogen and oxygen atoms in total. The van der Waals surface area contributed by atoms with Crippen LogP contribution in [0.4, 0.5) is 4.79 Å². The van der Waals surface area contributed by atoms with Crippen molar-refractivity contribution in [2.75, 3.05) is 26.0 Å². The molecule has 1 aromatic rings. The maximum absolute atomic E-state index is 12.3. The fourth-order valence-electron chi connectivity index (χ4n) is 3.44. The van der Waals surface area contributed by atoms with Gasteiger partial charge in [-0.25, -0.2) is 13.2 Å². The SMILES string of the molecule is Cc1cc(OCCCC2CCN(C(=O)/N=C(\N)C(C)(C)C)CC2)ccc1S(C)(=O)=O. The monoisotopic (exact) mass is 437 g/mol. The van der Waals surface area contributed by atoms with Gasteiger partial charge in [0, 0.05) is 24.8 Å². The zero-order valence-corrected chi connectivity index (χ0v) is 19.6. The number of carbonyl (C=O) groups is 1. The molecule has 0 aliphatic carbocycles. The Bertz CT molecular complexity index is 880. The Morgan fingerprint density at radius 3 is 2.43 bits per heavy atom. The van der Waals surface area contributed by atoms with E-state index in [1.54, 1.807) is 30.0 Å². The van der Waals surface area contributed by atoms with Gasteiger partial charge in [0.2, 0.25) is 0 Å². The molecule has 30 heavy (non-hydrogen) atoms. The average Bonchev–Trinajstić information content (AvgIpc) is 2.64. The zero-order chi connectivity index (χ0) is 22.5. The Kier molecular flexibility index (Phi) is 7.91. The number of nitrogens with zero attached hydrogens (tertiary/aromatic N) is 2. The van der Waals surface area contributed by atoms with Crippen LogP contribution in [0.5, 0.6) is 5.75 Å². The van der Waals surface area contributed by atoms with E-state index in [0.29, 0.717) is 47.7 Å². The number of amides is 2. The lowest BCUT2D eigenvalue weighted by molar-refractivity contribution is 0.172. The molecule has 1 saturated heterocycles. The number of aliphatic imine (C=N–C) groups is 1. The minimum Gasteiger partial charge on any atom is -0.494 e. The lowest BCUT2D eigenvalue weighted by Crippen LogP contribution is -2.39. The average molecular weight is 438 g/mol. The second-order valence-electron chi connectivity index (χ2n) is 9.15. The fourth-order valence-corrected chi connectivity index (χ4v) is 4.40. The summed E-state index contributed by atoms with van der Waals surface area (Å²) in [6.07, 6.45) is 5.08. The Hall–Kier alpha value is -2.09. The zero-order valence-electron chi connectivity index (χ0n) is 18.8. The predicted octanol–water partition coefficient (Wildman–Crippen LogP) is 3.79. The molecule has 0 radical (unpaired) electrons. The predicted molar refractivity (Wildman–Crippen MR) is 120 cm³/mol.